The van der Waals surface area contributed by atoms with Crippen molar-refractivity contribution < 1.29 is 9.47 Å². The van der Waals surface area contributed by atoms with Crippen LogP contribution in [0.4, 0.5) is 0 Å². The quantitative estimate of drug-likeness (QED) is 0.629. The van der Waals surface area contributed by atoms with E-state index >= 15 is 0 Å². The normalized spacial score (nSPS) is 52.7. The van der Waals surface area contributed by atoms with Gasteiger partial charge in [0.1, 0.15) is 5.60 Å². The van der Waals surface area contributed by atoms with Gasteiger partial charge in [0.15, 0.2) is 0 Å². The molecule has 2 saturated heterocycles. The molecule has 2 heterocycles. The van der Waals surface area contributed by atoms with E-state index in [0.717, 1.165) is 0 Å². The van der Waals surface area contributed by atoms with Gasteiger partial charge in [-0.25, -0.2) is 0 Å². The number of fused-ring (bicyclic) bond motifs is 1. The molecule has 2 aliphatic heterocycles. The van der Waals surface area contributed by atoms with Crippen molar-refractivity contribution in [2.75, 3.05) is 0 Å². The summed E-state index contributed by atoms with van der Waals surface area (Å²) >= 11 is 0. The molecular formula is C14H24O2. The summed E-state index contributed by atoms with van der Waals surface area (Å²) in [6, 6.07) is 0. The Bertz CT molecular complexity index is 321. The van der Waals surface area contributed by atoms with Crippen molar-refractivity contribution in [1.29, 1.82) is 0 Å². The summed E-state index contributed by atoms with van der Waals surface area (Å²) in [5.41, 5.74) is 0.336. The molecule has 2 heteroatoms. The van der Waals surface area contributed by atoms with Crippen LogP contribution in [0.5, 0.6) is 0 Å². The maximum Gasteiger partial charge on any atom is 0.107 e. The molecule has 0 aromatic heterocycles. The van der Waals surface area contributed by atoms with E-state index < -0.39 is 0 Å². The molecule has 92 valence electrons. The fourth-order valence-electron chi connectivity index (χ4n) is 5.00. The molecule has 0 radical (unpaired) electrons. The Morgan fingerprint density at radius 3 is 2.44 bits per heavy atom. The zero-order valence-corrected chi connectivity index (χ0v) is 11.2. The van der Waals surface area contributed by atoms with Crippen molar-refractivity contribution >= 4 is 0 Å². The van der Waals surface area contributed by atoms with Gasteiger partial charge in [-0.15, -0.1) is 0 Å². The zero-order valence-electron chi connectivity index (χ0n) is 11.2. The van der Waals surface area contributed by atoms with Gasteiger partial charge in [-0.2, -0.15) is 0 Å². The molecule has 1 spiro atoms. The van der Waals surface area contributed by atoms with Crippen molar-refractivity contribution in [3.8, 4) is 0 Å². The minimum atomic E-state index is -0.0532. The van der Waals surface area contributed by atoms with E-state index in [1.54, 1.807) is 0 Å². The van der Waals surface area contributed by atoms with Crippen LogP contribution < -0.4 is 0 Å². The Balaban J connectivity index is 2.13. The third kappa shape index (κ3) is 0.932. The summed E-state index contributed by atoms with van der Waals surface area (Å²) in [6.07, 6.45) is 4.58. The molecule has 2 bridgehead atoms. The van der Waals surface area contributed by atoms with Crippen molar-refractivity contribution in [3.05, 3.63) is 0 Å². The smallest absolute Gasteiger partial charge is 0.107 e. The van der Waals surface area contributed by atoms with Crippen LogP contribution in [0, 0.1) is 10.8 Å². The summed E-state index contributed by atoms with van der Waals surface area (Å²) in [5.74, 6) is 0. The second-order valence-corrected chi connectivity index (χ2v) is 7.10. The molecule has 1 aliphatic carbocycles. The van der Waals surface area contributed by atoms with Crippen molar-refractivity contribution in [2.24, 2.45) is 10.8 Å². The van der Waals surface area contributed by atoms with Gasteiger partial charge < -0.3 is 9.47 Å². The first-order chi connectivity index (χ1) is 7.33. The monoisotopic (exact) mass is 224 g/mol. The van der Waals surface area contributed by atoms with Gasteiger partial charge in [0.2, 0.25) is 0 Å². The van der Waals surface area contributed by atoms with Crippen LogP contribution in [0.15, 0.2) is 0 Å². The van der Waals surface area contributed by atoms with Gasteiger partial charge in [-0.05, 0) is 25.2 Å². The van der Waals surface area contributed by atoms with E-state index in [1.165, 1.54) is 19.3 Å². The first-order valence-electron chi connectivity index (χ1n) is 6.66. The van der Waals surface area contributed by atoms with Crippen LogP contribution in [0.25, 0.3) is 0 Å². The molecule has 0 amide bonds. The average molecular weight is 224 g/mol. The van der Waals surface area contributed by atoms with Gasteiger partial charge in [-0.1, -0.05) is 34.1 Å². The minimum absolute atomic E-state index is 0.0532. The van der Waals surface area contributed by atoms with Gasteiger partial charge in [0, 0.05) is 5.41 Å². The summed E-state index contributed by atoms with van der Waals surface area (Å²) in [4.78, 5) is 0. The van der Waals surface area contributed by atoms with Crippen molar-refractivity contribution in [1.82, 2.24) is 0 Å². The lowest BCUT2D eigenvalue weighted by molar-refractivity contribution is -0.241. The predicted octanol–water partition coefficient (Wildman–Crippen LogP) is 3.15. The van der Waals surface area contributed by atoms with Crippen LogP contribution in [0.1, 0.15) is 53.9 Å². The average Bonchev–Trinajstić information content (AvgIpc) is 2.49. The van der Waals surface area contributed by atoms with Crippen LogP contribution in [-0.4, -0.2) is 23.9 Å². The van der Waals surface area contributed by atoms with Crippen molar-refractivity contribution in [2.45, 2.75) is 77.8 Å². The molecule has 3 rings (SSSR count). The molecule has 0 aromatic rings. The maximum atomic E-state index is 6.46. The molecule has 1 saturated carbocycles. The molecule has 0 N–H and O–H groups in total. The highest BCUT2D eigenvalue weighted by molar-refractivity contribution is 5.22. The Morgan fingerprint density at radius 1 is 1.12 bits per heavy atom. The van der Waals surface area contributed by atoms with E-state index in [2.05, 4.69) is 34.6 Å². The zero-order chi connectivity index (χ0) is 11.8. The van der Waals surface area contributed by atoms with Gasteiger partial charge in [0.25, 0.3) is 0 Å². The molecule has 16 heavy (non-hydrogen) atoms. The SMILES string of the molecule is CC1OC23C(CCCC2(C)C)OC1C3(C)C. The van der Waals surface area contributed by atoms with E-state index in [4.69, 9.17) is 9.47 Å². The summed E-state index contributed by atoms with van der Waals surface area (Å²) in [6.45, 7) is 11.6. The molecule has 0 aromatic carbocycles. The summed E-state index contributed by atoms with van der Waals surface area (Å²) < 4.78 is 12.8. The lowest BCUT2D eigenvalue weighted by Crippen LogP contribution is -2.61. The largest absolute Gasteiger partial charge is 0.369 e. The second-order valence-electron chi connectivity index (χ2n) is 7.10. The molecule has 4 atom stereocenters. The van der Waals surface area contributed by atoms with Gasteiger partial charge in [0.05, 0.1) is 18.3 Å². The number of hydrogen-bond acceptors (Lipinski definition) is 2. The second kappa shape index (κ2) is 2.84. The topological polar surface area (TPSA) is 18.5 Å². The predicted molar refractivity (Wildman–Crippen MR) is 63.4 cm³/mol. The highest BCUT2D eigenvalue weighted by Gasteiger charge is 2.75. The number of rotatable bonds is 0. The molecule has 3 aliphatic rings. The molecule has 2 nitrogen and oxygen atoms in total. The van der Waals surface area contributed by atoms with Crippen LogP contribution in [-0.2, 0) is 9.47 Å². The van der Waals surface area contributed by atoms with Crippen molar-refractivity contribution in [3.63, 3.8) is 0 Å². The highest BCUT2D eigenvalue weighted by Crippen LogP contribution is 2.66. The third-order valence-electron chi connectivity index (χ3n) is 5.50. The Morgan fingerprint density at radius 2 is 1.81 bits per heavy atom. The van der Waals surface area contributed by atoms with Gasteiger partial charge >= 0.3 is 0 Å². The van der Waals surface area contributed by atoms with Crippen LogP contribution >= 0.6 is 0 Å². The van der Waals surface area contributed by atoms with E-state index in [9.17, 15) is 0 Å². The van der Waals surface area contributed by atoms with Gasteiger partial charge in [-0.3, -0.25) is 0 Å². The summed E-state index contributed by atoms with van der Waals surface area (Å²) in [5, 5.41) is 0. The fourth-order valence-corrected chi connectivity index (χ4v) is 5.00. The standard InChI is InChI=1S/C14H24O2/c1-9-11-13(4,5)14(16-9)10(15-11)7-6-8-12(14,2)3/h9-11H,6-8H2,1-5H3. The fraction of sp³-hybridized carbons (Fsp3) is 1.00. The molecule has 4 unspecified atom stereocenters. The lowest BCUT2D eigenvalue weighted by Gasteiger charge is -2.54. The number of ether oxygens (including phenoxy) is 2. The Kier molecular flexibility index (Phi) is 1.96. The minimum Gasteiger partial charge on any atom is -0.369 e. The van der Waals surface area contributed by atoms with E-state index in [1.807, 2.05) is 0 Å². The van der Waals surface area contributed by atoms with E-state index in [-0.39, 0.29) is 28.6 Å². The lowest BCUT2D eigenvalue weighted by atomic mass is 9.55. The first-order valence-corrected chi connectivity index (χ1v) is 6.66. The Labute approximate surface area is 98.7 Å². The van der Waals surface area contributed by atoms with E-state index in [0.29, 0.717) is 6.10 Å². The van der Waals surface area contributed by atoms with Crippen LogP contribution in [0.2, 0.25) is 0 Å². The molecule has 3 fully saturated rings. The first kappa shape index (κ1) is 11.0. The Hall–Kier alpha value is -0.0800. The summed E-state index contributed by atoms with van der Waals surface area (Å²) in [7, 11) is 0. The van der Waals surface area contributed by atoms with Crippen LogP contribution in [0.3, 0.4) is 0 Å². The molecular weight excluding hydrogens is 200 g/mol. The maximum absolute atomic E-state index is 6.46. The number of hydrogen-bond donors (Lipinski definition) is 0. The highest BCUT2D eigenvalue weighted by atomic mass is 16.6. The third-order valence-corrected chi connectivity index (χ3v) is 5.50.